The van der Waals surface area contributed by atoms with E-state index in [0.717, 1.165) is 11.3 Å². The number of anilines is 1. The number of hydrogen-bond acceptors (Lipinski definition) is 2. The molecule has 1 aromatic rings. The second-order valence-electron chi connectivity index (χ2n) is 2.93. The smallest absolute Gasteiger partial charge is 0.0650 e. The van der Waals surface area contributed by atoms with Crippen LogP contribution in [0.15, 0.2) is 12.3 Å². The molecule has 0 aliphatic carbocycles. The zero-order valence-electron chi connectivity index (χ0n) is 8.04. The summed E-state index contributed by atoms with van der Waals surface area (Å²) in [6.45, 7) is 2.04. The molecule has 4 heteroatoms. The van der Waals surface area contributed by atoms with Gasteiger partial charge >= 0.3 is 0 Å². The van der Waals surface area contributed by atoms with Crippen molar-refractivity contribution in [2.75, 3.05) is 19.0 Å². The molecule has 0 radical (unpaired) electrons. The molecule has 0 bridgehead atoms. The highest BCUT2D eigenvalue weighted by molar-refractivity contribution is 6.17. The van der Waals surface area contributed by atoms with Crippen LogP contribution in [0.1, 0.15) is 11.3 Å². The second kappa shape index (κ2) is 5.30. The van der Waals surface area contributed by atoms with Gasteiger partial charge in [-0.1, -0.05) is 0 Å². The summed E-state index contributed by atoms with van der Waals surface area (Å²) in [4.78, 5) is 6.24. The summed E-state index contributed by atoms with van der Waals surface area (Å²) in [6.07, 6.45) is 1.79. The maximum absolute atomic E-state index is 5.73. The van der Waals surface area contributed by atoms with Crippen molar-refractivity contribution in [2.24, 2.45) is 0 Å². The minimum atomic E-state index is 0. The lowest BCUT2D eigenvalue weighted by Gasteiger charge is -2.16. The fourth-order valence-electron chi connectivity index (χ4n) is 1.19. The Balaban J connectivity index is 0.00000144. The lowest BCUT2D eigenvalue weighted by atomic mass is 10.2. The fourth-order valence-corrected chi connectivity index (χ4v) is 1.46. The standard InChI is InChI=1S/C9H13ClN2.ClH/c1-7-8(6-10)11-5-4-9(7)12(2)3;/h4-5H,6H2,1-3H3;1H. The number of halogens is 2. The molecule has 0 spiro atoms. The Hall–Kier alpha value is -0.470. The Bertz CT molecular complexity index is 274. The number of aromatic nitrogens is 1. The average molecular weight is 221 g/mol. The third kappa shape index (κ3) is 2.75. The summed E-state index contributed by atoms with van der Waals surface area (Å²) in [5.41, 5.74) is 3.31. The Morgan fingerprint density at radius 2 is 2.08 bits per heavy atom. The van der Waals surface area contributed by atoms with Crippen LogP contribution < -0.4 is 4.90 Å². The van der Waals surface area contributed by atoms with E-state index in [2.05, 4.69) is 9.88 Å². The number of alkyl halides is 1. The van der Waals surface area contributed by atoms with Gasteiger partial charge in [0.1, 0.15) is 0 Å². The van der Waals surface area contributed by atoms with Crippen LogP contribution in [-0.4, -0.2) is 19.1 Å². The molecule has 13 heavy (non-hydrogen) atoms. The maximum atomic E-state index is 5.73. The zero-order valence-corrected chi connectivity index (χ0v) is 9.61. The Morgan fingerprint density at radius 1 is 1.46 bits per heavy atom. The van der Waals surface area contributed by atoms with Crippen LogP contribution in [0.25, 0.3) is 0 Å². The molecule has 2 nitrogen and oxygen atoms in total. The van der Waals surface area contributed by atoms with Crippen LogP contribution in [-0.2, 0) is 5.88 Å². The molecule has 0 saturated carbocycles. The first-order valence-electron chi connectivity index (χ1n) is 3.84. The van der Waals surface area contributed by atoms with Crippen molar-refractivity contribution < 1.29 is 0 Å². The molecule has 1 aromatic heterocycles. The zero-order chi connectivity index (χ0) is 9.14. The molecule has 1 rings (SSSR count). The van der Waals surface area contributed by atoms with Crippen LogP contribution in [0, 0.1) is 6.92 Å². The molecule has 0 aliphatic heterocycles. The van der Waals surface area contributed by atoms with E-state index in [1.165, 1.54) is 5.69 Å². The van der Waals surface area contributed by atoms with Gasteiger partial charge in [0.05, 0.1) is 11.6 Å². The maximum Gasteiger partial charge on any atom is 0.0650 e. The van der Waals surface area contributed by atoms with Gasteiger partial charge < -0.3 is 4.90 Å². The number of nitrogens with zero attached hydrogens (tertiary/aromatic N) is 2. The molecule has 0 aliphatic rings. The van der Waals surface area contributed by atoms with E-state index < -0.39 is 0 Å². The van der Waals surface area contributed by atoms with Gasteiger partial charge in [-0.3, -0.25) is 4.98 Å². The first-order valence-corrected chi connectivity index (χ1v) is 4.38. The number of rotatable bonds is 2. The highest BCUT2D eigenvalue weighted by Gasteiger charge is 2.04. The molecule has 0 amide bonds. The largest absolute Gasteiger partial charge is 0.377 e. The van der Waals surface area contributed by atoms with Gasteiger partial charge in [0.25, 0.3) is 0 Å². The lowest BCUT2D eigenvalue weighted by molar-refractivity contribution is 1.06. The topological polar surface area (TPSA) is 16.1 Å². The normalized spacial score (nSPS) is 9.23. The van der Waals surface area contributed by atoms with Crippen molar-refractivity contribution in [3.8, 4) is 0 Å². The molecule has 0 unspecified atom stereocenters. The van der Waals surface area contributed by atoms with Crippen LogP contribution in [0.2, 0.25) is 0 Å². The third-order valence-electron chi connectivity index (χ3n) is 1.89. The third-order valence-corrected chi connectivity index (χ3v) is 2.14. The second-order valence-corrected chi connectivity index (χ2v) is 3.20. The predicted molar refractivity (Wildman–Crippen MR) is 60.1 cm³/mol. The van der Waals surface area contributed by atoms with Gasteiger partial charge in [-0.25, -0.2) is 0 Å². The summed E-state index contributed by atoms with van der Waals surface area (Å²) >= 11 is 5.73. The highest BCUT2D eigenvalue weighted by Crippen LogP contribution is 2.19. The summed E-state index contributed by atoms with van der Waals surface area (Å²) < 4.78 is 0. The lowest BCUT2D eigenvalue weighted by Crippen LogP contribution is -2.11. The molecular weight excluding hydrogens is 207 g/mol. The first-order chi connectivity index (χ1) is 5.66. The van der Waals surface area contributed by atoms with Gasteiger partial charge in [0.15, 0.2) is 0 Å². The summed E-state index contributed by atoms with van der Waals surface area (Å²) in [7, 11) is 4.03. The highest BCUT2D eigenvalue weighted by atomic mass is 35.5. The molecular formula is C9H14Cl2N2. The quantitative estimate of drug-likeness (QED) is 0.713. The van der Waals surface area contributed by atoms with Gasteiger partial charge in [-0.15, -0.1) is 24.0 Å². The summed E-state index contributed by atoms with van der Waals surface area (Å²) in [5.74, 6) is 0.480. The first kappa shape index (κ1) is 12.5. The Kier molecular flexibility index (Phi) is 5.11. The van der Waals surface area contributed by atoms with E-state index >= 15 is 0 Å². The minimum absolute atomic E-state index is 0. The molecule has 0 N–H and O–H groups in total. The summed E-state index contributed by atoms with van der Waals surface area (Å²) in [6, 6.07) is 1.99. The van der Waals surface area contributed by atoms with Gasteiger partial charge in [0, 0.05) is 26.0 Å². The summed E-state index contributed by atoms with van der Waals surface area (Å²) in [5, 5.41) is 0. The number of pyridine rings is 1. The fraction of sp³-hybridized carbons (Fsp3) is 0.444. The predicted octanol–water partition coefficient (Wildman–Crippen LogP) is 2.62. The van der Waals surface area contributed by atoms with Crippen molar-refractivity contribution in [3.63, 3.8) is 0 Å². The molecule has 1 heterocycles. The van der Waals surface area contributed by atoms with Crippen LogP contribution in [0.4, 0.5) is 5.69 Å². The van der Waals surface area contributed by atoms with E-state index in [9.17, 15) is 0 Å². The minimum Gasteiger partial charge on any atom is -0.377 e. The van der Waals surface area contributed by atoms with Crippen molar-refractivity contribution >= 4 is 29.7 Å². The van der Waals surface area contributed by atoms with Gasteiger partial charge in [0.2, 0.25) is 0 Å². The molecule has 0 atom stereocenters. The van der Waals surface area contributed by atoms with E-state index in [1.807, 2.05) is 27.1 Å². The average Bonchev–Trinajstić information content (AvgIpc) is 2.04. The Morgan fingerprint density at radius 3 is 2.54 bits per heavy atom. The van der Waals surface area contributed by atoms with E-state index in [4.69, 9.17) is 11.6 Å². The van der Waals surface area contributed by atoms with Crippen molar-refractivity contribution in [3.05, 3.63) is 23.5 Å². The Labute approximate surface area is 90.3 Å². The van der Waals surface area contributed by atoms with Crippen molar-refractivity contribution in [1.29, 1.82) is 0 Å². The van der Waals surface area contributed by atoms with Gasteiger partial charge in [-0.05, 0) is 18.6 Å². The van der Waals surface area contributed by atoms with Crippen molar-refractivity contribution in [1.82, 2.24) is 4.98 Å². The van der Waals surface area contributed by atoms with Crippen LogP contribution >= 0.6 is 24.0 Å². The van der Waals surface area contributed by atoms with Crippen molar-refractivity contribution in [2.45, 2.75) is 12.8 Å². The monoisotopic (exact) mass is 220 g/mol. The molecule has 74 valence electrons. The molecule has 0 fully saturated rings. The SMILES string of the molecule is Cc1c(N(C)C)ccnc1CCl.Cl. The number of hydrogen-bond donors (Lipinski definition) is 0. The molecule has 0 saturated heterocycles. The van der Waals surface area contributed by atoms with E-state index in [1.54, 1.807) is 6.20 Å². The van der Waals surface area contributed by atoms with Gasteiger partial charge in [-0.2, -0.15) is 0 Å². The van der Waals surface area contributed by atoms with E-state index in [0.29, 0.717) is 5.88 Å². The van der Waals surface area contributed by atoms with Crippen LogP contribution in [0.3, 0.4) is 0 Å². The molecule has 0 aromatic carbocycles. The van der Waals surface area contributed by atoms with E-state index in [-0.39, 0.29) is 12.4 Å². The van der Waals surface area contributed by atoms with Crippen LogP contribution in [0.5, 0.6) is 0 Å².